The van der Waals surface area contributed by atoms with Gasteiger partial charge in [0.05, 0.1) is 25.6 Å². The van der Waals surface area contributed by atoms with Crippen LogP contribution in [0.5, 0.6) is 17.4 Å². The molecule has 2 rings (SSSR count). The van der Waals surface area contributed by atoms with Crippen LogP contribution in [0.15, 0.2) is 18.2 Å². The largest absolute Gasteiger partial charge is 0.573 e. The number of anilines is 1. The van der Waals surface area contributed by atoms with Crippen molar-refractivity contribution in [1.82, 2.24) is 9.97 Å². The standard InChI is InChI=1S/C20H26F3N3O3/c1-6-12(7-2)24-18-19(28-5)26-17(15(8-3)25-18)14-10-9-13(27-4)11-16(14)29-20(21,22)23/h9-12H,6-8H2,1-5H3,(H,24,25). The number of alkyl halides is 3. The molecule has 2 aromatic rings. The van der Waals surface area contributed by atoms with Gasteiger partial charge in [-0.25, -0.2) is 9.97 Å². The normalized spacial score (nSPS) is 11.5. The fourth-order valence-corrected chi connectivity index (χ4v) is 2.87. The summed E-state index contributed by atoms with van der Waals surface area (Å²) in [5.41, 5.74) is 0.942. The van der Waals surface area contributed by atoms with E-state index < -0.39 is 12.1 Å². The van der Waals surface area contributed by atoms with Gasteiger partial charge in [-0.3, -0.25) is 0 Å². The second-order valence-corrected chi connectivity index (χ2v) is 6.30. The predicted octanol–water partition coefficient (Wildman–Crippen LogP) is 5.22. The van der Waals surface area contributed by atoms with Crippen LogP contribution < -0.4 is 19.5 Å². The number of aryl methyl sites for hydroxylation is 1. The van der Waals surface area contributed by atoms with E-state index in [0.717, 1.165) is 12.8 Å². The third kappa shape index (κ3) is 5.65. The molecule has 0 saturated heterocycles. The van der Waals surface area contributed by atoms with Gasteiger partial charge in [0, 0.05) is 17.7 Å². The van der Waals surface area contributed by atoms with Gasteiger partial charge in [-0.05, 0) is 31.4 Å². The van der Waals surface area contributed by atoms with Crippen molar-refractivity contribution in [3.63, 3.8) is 0 Å². The Bertz CT molecular complexity index is 825. The Labute approximate surface area is 168 Å². The number of halogens is 3. The van der Waals surface area contributed by atoms with Crippen molar-refractivity contribution in [3.8, 4) is 28.6 Å². The lowest BCUT2D eigenvalue weighted by Gasteiger charge is -2.20. The van der Waals surface area contributed by atoms with Crippen LogP contribution in [0.2, 0.25) is 0 Å². The fraction of sp³-hybridized carbons (Fsp3) is 0.500. The summed E-state index contributed by atoms with van der Waals surface area (Å²) in [5, 5.41) is 3.29. The highest BCUT2D eigenvalue weighted by Gasteiger charge is 2.33. The van der Waals surface area contributed by atoms with E-state index >= 15 is 0 Å². The molecule has 1 N–H and O–H groups in total. The lowest BCUT2D eigenvalue weighted by molar-refractivity contribution is -0.274. The third-order valence-corrected chi connectivity index (χ3v) is 4.46. The third-order valence-electron chi connectivity index (χ3n) is 4.46. The molecule has 1 aromatic heterocycles. The van der Waals surface area contributed by atoms with Crippen LogP contribution in [0, 0.1) is 0 Å². The van der Waals surface area contributed by atoms with E-state index in [9.17, 15) is 13.2 Å². The average molecular weight is 413 g/mol. The van der Waals surface area contributed by atoms with E-state index in [2.05, 4.69) is 20.0 Å². The van der Waals surface area contributed by atoms with Crippen LogP contribution in [-0.2, 0) is 6.42 Å². The molecule has 29 heavy (non-hydrogen) atoms. The van der Waals surface area contributed by atoms with Crippen molar-refractivity contribution in [3.05, 3.63) is 23.9 Å². The molecule has 0 aliphatic carbocycles. The van der Waals surface area contributed by atoms with Gasteiger partial charge in [-0.15, -0.1) is 13.2 Å². The SMILES string of the molecule is CCc1nc(NC(CC)CC)c(OC)nc1-c1ccc(OC)cc1OC(F)(F)F. The number of methoxy groups -OCH3 is 2. The molecule has 0 unspecified atom stereocenters. The van der Waals surface area contributed by atoms with Gasteiger partial charge in [0.25, 0.3) is 5.88 Å². The summed E-state index contributed by atoms with van der Waals surface area (Å²) >= 11 is 0. The van der Waals surface area contributed by atoms with Crippen molar-refractivity contribution in [2.75, 3.05) is 19.5 Å². The quantitative estimate of drug-likeness (QED) is 0.608. The molecule has 0 radical (unpaired) electrons. The predicted molar refractivity (Wildman–Crippen MR) is 105 cm³/mol. The van der Waals surface area contributed by atoms with Gasteiger partial charge in [0.15, 0.2) is 5.82 Å². The topological polar surface area (TPSA) is 65.5 Å². The van der Waals surface area contributed by atoms with E-state index in [1.165, 1.54) is 26.4 Å². The van der Waals surface area contributed by atoms with Crippen LogP contribution in [-0.4, -0.2) is 36.6 Å². The Hall–Kier alpha value is -2.71. The van der Waals surface area contributed by atoms with Gasteiger partial charge < -0.3 is 19.5 Å². The summed E-state index contributed by atoms with van der Waals surface area (Å²) in [4.78, 5) is 9.05. The number of aromatic nitrogens is 2. The molecule has 0 atom stereocenters. The molecule has 1 heterocycles. The summed E-state index contributed by atoms with van der Waals surface area (Å²) in [6.45, 7) is 5.96. The minimum atomic E-state index is -4.86. The van der Waals surface area contributed by atoms with Gasteiger partial charge in [0.2, 0.25) is 0 Å². The van der Waals surface area contributed by atoms with Crippen molar-refractivity contribution in [1.29, 1.82) is 0 Å². The Morgan fingerprint density at radius 3 is 2.24 bits per heavy atom. The molecular weight excluding hydrogens is 387 g/mol. The lowest BCUT2D eigenvalue weighted by atomic mass is 10.1. The summed E-state index contributed by atoms with van der Waals surface area (Å²) in [6, 6.07) is 4.37. The molecule has 9 heteroatoms. The first-order chi connectivity index (χ1) is 13.8. The number of hydrogen-bond donors (Lipinski definition) is 1. The van der Waals surface area contributed by atoms with E-state index in [0.29, 0.717) is 17.9 Å². The first-order valence-corrected chi connectivity index (χ1v) is 9.41. The summed E-state index contributed by atoms with van der Waals surface area (Å²) in [5.74, 6) is 0.494. The second kappa shape index (κ2) is 9.67. The van der Waals surface area contributed by atoms with Gasteiger partial charge in [0.1, 0.15) is 11.5 Å². The first kappa shape index (κ1) is 22.6. The number of nitrogens with one attached hydrogen (secondary N) is 1. The zero-order chi connectivity index (χ0) is 21.6. The van der Waals surface area contributed by atoms with Crippen LogP contribution in [0.4, 0.5) is 19.0 Å². The highest BCUT2D eigenvalue weighted by atomic mass is 19.4. The van der Waals surface area contributed by atoms with E-state index in [1.807, 2.05) is 20.8 Å². The van der Waals surface area contributed by atoms with Gasteiger partial charge in [-0.2, -0.15) is 0 Å². The number of benzene rings is 1. The van der Waals surface area contributed by atoms with Crippen LogP contribution in [0.3, 0.4) is 0 Å². The maximum absolute atomic E-state index is 13.0. The molecule has 0 fully saturated rings. The second-order valence-electron chi connectivity index (χ2n) is 6.30. The number of nitrogens with zero attached hydrogens (tertiary/aromatic N) is 2. The molecule has 0 aliphatic heterocycles. The molecule has 1 aromatic carbocycles. The molecule has 0 amide bonds. The molecule has 6 nitrogen and oxygen atoms in total. The molecule has 0 spiro atoms. The van der Waals surface area contributed by atoms with Crippen molar-refractivity contribution in [2.24, 2.45) is 0 Å². The monoisotopic (exact) mass is 413 g/mol. The van der Waals surface area contributed by atoms with Crippen LogP contribution >= 0.6 is 0 Å². The maximum Gasteiger partial charge on any atom is 0.573 e. The van der Waals surface area contributed by atoms with E-state index in [-0.39, 0.29) is 28.9 Å². The van der Waals surface area contributed by atoms with E-state index in [4.69, 9.17) is 9.47 Å². The zero-order valence-corrected chi connectivity index (χ0v) is 17.2. The minimum absolute atomic E-state index is 0.153. The molecule has 0 aliphatic rings. The Balaban J connectivity index is 2.62. The summed E-state index contributed by atoms with van der Waals surface area (Å²) in [7, 11) is 2.81. The van der Waals surface area contributed by atoms with Crippen molar-refractivity contribution >= 4 is 5.82 Å². The molecule has 0 saturated carbocycles. The molecule has 160 valence electrons. The van der Waals surface area contributed by atoms with Crippen molar-refractivity contribution in [2.45, 2.75) is 52.4 Å². The Morgan fingerprint density at radius 1 is 1.03 bits per heavy atom. The fourth-order valence-electron chi connectivity index (χ4n) is 2.87. The summed E-state index contributed by atoms with van der Waals surface area (Å²) < 4.78 is 53.5. The number of rotatable bonds is 9. The van der Waals surface area contributed by atoms with Gasteiger partial charge >= 0.3 is 6.36 Å². The maximum atomic E-state index is 13.0. The minimum Gasteiger partial charge on any atom is -0.497 e. The highest BCUT2D eigenvalue weighted by molar-refractivity contribution is 5.72. The van der Waals surface area contributed by atoms with Crippen LogP contribution in [0.1, 0.15) is 39.3 Å². The number of ether oxygens (including phenoxy) is 3. The number of hydrogen-bond acceptors (Lipinski definition) is 6. The van der Waals surface area contributed by atoms with Crippen molar-refractivity contribution < 1.29 is 27.4 Å². The average Bonchev–Trinajstić information content (AvgIpc) is 2.70. The Morgan fingerprint density at radius 2 is 1.72 bits per heavy atom. The van der Waals surface area contributed by atoms with Gasteiger partial charge in [-0.1, -0.05) is 20.8 Å². The van der Waals surface area contributed by atoms with E-state index in [1.54, 1.807) is 6.07 Å². The lowest BCUT2D eigenvalue weighted by Crippen LogP contribution is -2.20. The summed E-state index contributed by atoms with van der Waals surface area (Å²) in [6.07, 6.45) is -2.64. The Kier molecular flexibility index (Phi) is 7.53. The zero-order valence-electron chi connectivity index (χ0n) is 17.2. The molecule has 0 bridgehead atoms. The van der Waals surface area contributed by atoms with Crippen LogP contribution in [0.25, 0.3) is 11.3 Å². The highest BCUT2D eigenvalue weighted by Crippen LogP contribution is 2.38. The smallest absolute Gasteiger partial charge is 0.497 e. The molecular formula is C20H26F3N3O3. The first-order valence-electron chi connectivity index (χ1n) is 9.41.